The number of anilines is 1. The Bertz CT molecular complexity index is 1290. The molecule has 0 spiro atoms. The topological polar surface area (TPSA) is 76.1 Å². The third-order valence-corrected chi connectivity index (χ3v) is 6.04. The molecule has 3 aromatic rings. The summed E-state index contributed by atoms with van der Waals surface area (Å²) >= 11 is 0. The van der Waals surface area contributed by atoms with Gasteiger partial charge in [0.25, 0.3) is 11.7 Å². The summed E-state index contributed by atoms with van der Waals surface area (Å²) in [6, 6.07) is 19.1. The van der Waals surface area contributed by atoms with E-state index >= 15 is 0 Å². The van der Waals surface area contributed by atoms with Gasteiger partial charge in [-0.15, -0.1) is 0 Å². The number of aliphatic hydroxyl groups excluding tert-OH is 1. The van der Waals surface area contributed by atoms with E-state index in [1.165, 1.54) is 4.90 Å². The lowest BCUT2D eigenvalue weighted by Crippen LogP contribution is -2.29. The quantitative estimate of drug-likeness (QED) is 0.282. The molecular weight excluding hydrogens is 442 g/mol. The molecule has 0 aromatic heterocycles. The molecule has 1 atom stereocenters. The van der Waals surface area contributed by atoms with E-state index in [-0.39, 0.29) is 17.4 Å². The Morgan fingerprint density at radius 2 is 1.60 bits per heavy atom. The molecule has 1 heterocycles. The van der Waals surface area contributed by atoms with Gasteiger partial charge < -0.3 is 14.6 Å². The van der Waals surface area contributed by atoms with E-state index in [4.69, 9.17) is 9.47 Å². The van der Waals surface area contributed by atoms with Gasteiger partial charge >= 0.3 is 0 Å². The normalized spacial score (nSPS) is 17.2. The van der Waals surface area contributed by atoms with Crippen LogP contribution in [0, 0.1) is 13.8 Å². The zero-order valence-electron chi connectivity index (χ0n) is 20.5. The third kappa shape index (κ3) is 4.52. The summed E-state index contributed by atoms with van der Waals surface area (Å²) in [6.07, 6.45) is 0.00981. The number of carbonyl (C=O) groups is 2. The van der Waals surface area contributed by atoms with E-state index in [1.54, 1.807) is 37.4 Å². The maximum absolute atomic E-state index is 13.4. The fraction of sp³-hybridized carbons (Fsp3) is 0.241. The first-order valence-electron chi connectivity index (χ1n) is 11.5. The fourth-order valence-corrected chi connectivity index (χ4v) is 4.42. The number of amides is 1. The molecule has 1 amide bonds. The molecule has 0 radical (unpaired) electrons. The number of hydrogen-bond donors (Lipinski definition) is 1. The van der Waals surface area contributed by atoms with Gasteiger partial charge in [0.2, 0.25) is 0 Å². The SMILES string of the molecule is COc1cc(C)c(/C(O)=C2\C(=O)C(=O)N(c3ccc(OC(C)C)cc3)C2c2ccccc2)cc1C. The lowest BCUT2D eigenvalue weighted by molar-refractivity contribution is -0.132. The first-order chi connectivity index (χ1) is 16.7. The van der Waals surface area contributed by atoms with Gasteiger partial charge in [-0.05, 0) is 80.8 Å². The van der Waals surface area contributed by atoms with E-state index in [0.717, 1.165) is 16.7 Å². The van der Waals surface area contributed by atoms with Crippen molar-refractivity contribution in [3.05, 3.63) is 94.6 Å². The number of nitrogens with zero attached hydrogens (tertiary/aromatic N) is 1. The largest absolute Gasteiger partial charge is 0.507 e. The molecule has 6 heteroatoms. The standard InChI is InChI=1S/C29H29NO5/c1-17(2)35-22-13-11-21(12-14-22)30-26(20-9-7-6-8-10-20)25(28(32)29(30)33)27(31)23-15-19(4)24(34-5)16-18(23)3/h6-17,26,31H,1-5H3/b27-25+. The van der Waals surface area contributed by atoms with Crippen LogP contribution in [0.2, 0.25) is 0 Å². The second-order valence-electron chi connectivity index (χ2n) is 8.88. The highest BCUT2D eigenvalue weighted by Gasteiger charge is 2.47. The van der Waals surface area contributed by atoms with Crippen molar-refractivity contribution in [1.29, 1.82) is 0 Å². The average Bonchev–Trinajstić information content (AvgIpc) is 3.11. The number of carbonyl (C=O) groups excluding carboxylic acids is 2. The van der Waals surface area contributed by atoms with Gasteiger partial charge in [-0.25, -0.2) is 0 Å². The third-order valence-electron chi connectivity index (χ3n) is 6.04. The fourth-order valence-electron chi connectivity index (χ4n) is 4.42. The second-order valence-corrected chi connectivity index (χ2v) is 8.88. The summed E-state index contributed by atoms with van der Waals surface area (Å²) < 4.78 is 11.1. The monoisotopic (exact) mass is 471 g/mol. The predicted molar refractivity (Wildman–Crippen MR) is 136 cm³/mol. The molecule has 4 rings (SSSR count). The Kier molecular flexibility index (Phi) is 6.65. The lowest BCUT2D eigenvalue weighted by atomic mass is 9.93. The van der Waals surface area contributed by atoms with Gasteiger partial charge in [0, 0.05) is 11.3 Å². The van der Waals surface area contributed by atoms with Crippen LogP contribution in [0.1, 0.15) is 42.1 Å². The number of rotatable bonds is 6. The van der Waals surface area contributed by atoms with Crippen molar-refractivity contribution in [1.82, 2.24) is 0 Å². The summed E-state index contributed by atoms with van der Waals surface area (Å²) in [5.41, 5.74) is 3.35. The van der Waals surface area contributed by atoms with Crippen LogP contribution in [0.5, 0.6) is 11.5 Å². The lowest BCUT2D eigenvalue weighted by Gasteiger charge is -2.26. The van der Waals surface area contributed by atoms with Gasteiger partial charge in [0.1, 0.15) is 17.3 Å². The van der Waals surface area contributed by atoms with Crippen LogP contribution in [0.4, 0.5) is 5.69 Å². The molecule has 1 aliphatic rings. The van der Waals surface area contributed by atoms with Gasteiger partial charge in [0.15, 0.2) is 0 Å². The van der Waals surface area contributed by atoms with Crippen molar-refractivity contribution < 1.29 is 24.2 Å². The molecule has 0 bridgehead atoms. The van der Waals surface area contributed by atoms with Crippen molar-refractivity contribution in [3.63, 3.8) is 0 Å². The van der Waals surface area contributed by atoms with E-state index in [0.29, 0.717) is 22.7 Å². The maximum Gasteiger partial charge on any atom is 0.300 e. The average molecular weight is 472 g/mol. The number of Topliss-reactive ketones (excluding diaryl/α,β-unsaturated/α-hetero) is 1. The molecule has 1 saturated heterocycles. The summed E-state index contributed by atoms with van der Waals surface area (Å²) in [4.78, 5) is 28.1. The highest BCUT2D eigenvalue weighted by molar-refractivity contribution is 6.51. The Morgan fingerprint density at radius 3 is 2.20 bits per heavy atom. The van der Waals surface area contributed by atoms with Crippen molar-refractivity contribution in [2.75, 3.05) is 12.0 Å². The van der Waals surface area contributed by atoms with Crippen LogP contribution in [0.15, 0.2) is 72.3 Å². The number of aliphatic hydroxyl groups is 1. The smallest absolute Gasteiger partial charge is 0.300 e. The van der Waals surface area contributed by atoms with Crippen LogP contribution in [-0.2, 0) is 9.59 Å². The Hall–Kier alpha value is -4.06. The molecule has 1 fully saturated rings. The molecule has 0 aliphatic carbocycles. The second kappa shape index (κ2) is 9.66. The van der Waals surface area contributed by atoms with Crippen molar-refractivity contribution in [2.24, 2.45) is 0 Å². The maximum atomic E-state index is 13.4. The summed E-state index contributed by atoms with van der Waals surface area (Å²) in [5.74, 6) is -0.279. The number of ether oxygens (including phenoxy) is 2. The molecule has 1 unspecified atom stereocenters. The molecule has 6 nitrogen and oxygen atoms in total. The highest BCUT2D eigenvalue weighted by atomic mass is 16.5. The molecule has 1 aliphatic heterocycles. The first-order valence-corrected chi connectivity index (χ1v) is 11.5. The van der Waals surface area contributed by atoms with E-state index in [2.05, 4.69) is 0 Å². The molecule has 0 saturated carbocycles. The number of aryl methyl sites for hydroxylation is 2. The minimum absolute atomic E-state index is 0.00981. The number of methoxy groups -OCH3 is 1. The molecule has 35 heavy (non-hydrogen) atoms. The van der Waals surface area contributed by atoms with Crippen LogP contribution in [-0.4, -0.2) is 30.0 Å². The van der Waals surface area contributed by atoms with Crippen LogP contribution >= 0.6 is 0 Å². The van der Waals surface area contributed by atoms with Crippen molar-refractivity contribution in [2.45, 2.75) is 39.8 Å². The molecule has 3 aromatic carbocycles. The summed E-state index contributed by atoms with van der Waals surface area (Å²) in [7, 11) is 1.58. The Morgan fingerprint density at radius 1 is 0.943 bits per heavy atom. The van der Waals surface area contributed by atoms with Crippen molar-refractivity contribution in [3.8, 4) is 11.5 Å². The molecule has 1 N–H and O–H groups in total. The predicted octanol–water partition coefficient (Wildman–Crippen LogP) is 5.73. The summed E-state index contributed by atoms with van der Waals surface area (Å²) in [5, 5.41) is 11.4. The van der Waals surface area contributed by atoms with Gasteiger partial charge in [0.05, 0.1) is 24.8 Å². The van der Waals surface area contributed by atoms with Gasteiger partial charge in [-0.1, -0.05) is 30.3 Å². The minimum Gasteiger partial charge on any atom is -0.507 e. The van der Waals surface area contributed by atoms with Crippen LogP contribution < -0.4 is 14.4 Å². The number of hydrogen-bond acceptors (Lipinski definition) is 5. The van der Waals surface area contributed by atoms with Gasteiger partial charge in [-0.2, -0.15) is 0 Å². The zero-order chi connectivity index (χ0) is 25.3. The first kappa shape index (κ1) is 24.1. The molecular formula is C29H29NO5. The number of ketones is 1. The van der Waals surface area contributed by atoms with Crippen molar-refractivity contribution >= 4 is 23.1 Å². The Balaban J connectivity index is 1.89. The van der Waals surface area contributed by atoms with E-state index in [1.807, 2.05) is 64.1 Å². The van der Waals surface area contributed by atoms with Crippen LogP contribution in [0.25, 0.3) is 5.76 Å². The minimum atomic E-state index is -0.783. The molecule has 180 valence electrons. The van der Waals surface area contributed by atoms with Crippen LogP contribution in [0.3, 0.4) is 0 Å². The van der Waals surface area contributed by atoms with E-state index < -0.39 is 17.7 Å². The Labute approximate surface area is 205 Å². The highest BCUT2D eigenvalue weighted by Crippen LogP contribution is 2.43. The van der Waals surface area contributed by atoms with Gasteiger partial charge in [-0.3, -0.25) is 14.5 Å². The van der Waals surface area contributed by atoms with E-state index in [9.17, 15) is 14.7 Å². The zero-order valence-corrected chi connectivity index (χ0v) is 20.5. The number of benzene rings is 3. The summed E-state index contributed by atoms with van der Waals surface area (Å²) in [6.45, 7) is 7.57.